The molecular formula is C25H28N10O. The van der Waals surface area contributed by atoms with Gasteiger partial charge in [-0.2, -0.15) is 5.10 Å². The minimum atomic E-state index is -0.290. The Bertz CT molecular complexity index is 1440. The number of aromatic nitrogens is 6. The standard InChI is InChI=1S/C25H28N10O/c1-15(2)18-12-20(33-32-18)24(36)29-17-6-5-16(3)19(11-17)30-23-22-21(27-14-28-23)13-26-25(31-22)35-9-7-34(4)8-10-35/h5-6,11-14H,1,7-10H2,2-4H3,(H,29,36)(H,32,33)(H,27,28,30). The lowest BCUT2D eigenvalue weighted by atomic mass is 10.1. The first-order valence-electron chi connectivity index (χ1n) is 11.7. The number of carbonyl (C=O) groups excluding carboxylic acids is 1. The van der Waals surface area contributed by atoms with Crippen LogP contribution in [-0.2, 0) is 0 Å². The van der Waals surface area contributed by atoms with Gasteiger partial charge in [0.05, 0.1) is 11.9 Å². The fourth-order valence-electron chi connectivity index (χ4n) is 3.91. The van der Waals surface area contributed by atoms with E-state index in [1.807, 2.05) is 32.0 Å². The molecule has 4 aromatic rings. The molecule has 0 bridgehead atoms. The quantitative estimate of drug-likeness (QED) is 0.378. The highest BCUT2D eigenvalue weighted by molar-refractivity contribution is 6.03. The molecule has 3 aromatic heterocycles. The van der Waals surface area contributed by atoms with Crippen molar-refractivity contribution in [1.29, 1.82) is 0 Å². The first kappa shape index (κ1) is 23.4. The van der Waals surface area contributed by atoms with Crippen LogP contribution in [0.4, 0.5) is 23.1 Å². The van der Waals surface area contributed by atoms with Crippen LogP contribution in [0.3, 0.4) is 0 Å². The smallest absolute Gasteiger partial charge is 0.273 e. The van der Waals surface area contributed by atoms with E-state index in [1.165, 1.54) is 6.33 Å². The van der Waals surface area contributed by atoms with Crippen LogP contribution in [0.2, 0.25) is 0 Å². The molecule has 11 nitrogen and oxygen atoms in total. The molecule has 1 aliphatic rings. The van der Waals surface area contributed by atoms with Crippen molar-refractivity contribution >= 4 is 45.7 Å². The first-order chi connectivity index (χ1) is 17.4. The number of nitrogens with one attached hydrogen (secondary N) is 3. The number of amides is 1. The minimum Gasteiger partial charge on any atom is -0.338 e. The van der Waals surface area contributed by atoms with E-state index in [0.717, 1.165) is 43.0 Å². The maximum atomic E-state index is 12.7. The van der Waals surface area contributed by atoms with E-state index >= 15 is 0 Å². The van der Waals surface area contributed by atoms with E-state index in [1.54, 1.807) is 12.3 Å². The van der Waals surface area contributed by atoms with Crippen LogP contribution < -0.4 is 15.5 Å². The molecule has 184 valence electrons. The summed E-state index contributed by atoms with van der Waals surface area (Å²) in [6.45, 7) is 11.3. The van der Waals surface area contributed by atoms with Crippen molar-refractivity contribution < 1.29 is 4.79 Å². The van der Waals surface area contributed by atoms with Crippen molar-refractivity contribution in [2.75, 3.05) is 48.8 Å². The molecule has 0 saturated carbocycles. The summed E-state index contributed by atoms with van der Waals surface area (Å²) in [5, 5.41) is 13.1. The number of rotatable bonds is 6. The average Bonchev–Trinajstić information content (AvgIpc) is 3.38. The van der Waals surface area contributed by atoms with Gasteiger partial charge >= 0.3 is 0 Å². The van der Waals surface area contributed by atoms with E-state index in [0.29, 0.717) is 39.9 Å². The van der Waals surface area contributed by atoms with E-state index in [2.05, 4.69) is 59.2 Å². The summed E-state index contributed by atoms with van der Waals surface area (Å²) in [4.78, 5) is 35.3. The predicted octanol–water partition coefficient (Wildman–Crippen LogP) is 3.23. The number of anilines is 4. The monoisotopic (exact) mass is 484 g/mol. The topological polar surface area (TPSA) is 128 Å². The van der Waals surface area contributed by atoms with Crippen molar-refractivity contribution in [1.82, 2.24) is 35.0 Å². The summed E-state index contributed by atoms with van der Waals surface area (Å²) < 4.78 is 0. The highest BCUT2D eigenvalue weighted by Crippen LogP contribution is 2.27. The van der Waals surface area contributed by atoms with Crippen LogP contribution in [0, 0.1) is 6.92 Å². The van der Waals surface area contributed by atoms with Gasteiger partial charge in [0.25, 0.3) is 5.91 Å². The zero-order chi connectivity index (χ0) is 25.2. The lowest BCUT2D eigenvalue weighted by molar-refractivity contribution is 0.102. The number of piperazine rings is 1. The van der Waals surface area contributed by atoms with Crippen molar-refractivity contribution in [2.45, 2.75) is 13.8 Å². The van der Waals surface area contributed by atoms with Gasteiger partial charge in [-0.15, -0.1) is 0 Å². The highest BCUT2D eigenvalue weighted by atomic mass is 16.1. The van der Waals surface area contributed by atoms with E-state index < -0.39 is 0 Å². The van der Waals surface area contributed by atoms with Crippen molar-refractivity contribution in [3.05, 3.63) is 60.3 Å². The zero-order valence-corrected chi connectivity index (χ0v) is 20.5. The van der Waals surface area contributed by atoms with Crippen molar-refractivity contribution in [3.8, 4) is 0 Å². The molecule has 0 spiro atoms. The summed E-state index contributed by atoms with van der Waals surface area (Å²) in [6.07, 6.45) is 3.22. The SMILES string of the molecule is C=C(C)c1cc(C(=O)Nc2ccc(C)c(Nc3ncnc4cnc(N5CCN(C)CC5)nc34)c2)[nH]n1. The predicted molar refractivity (Wildman–Crippen MR) is 141 cm³/mol. The summed E-state index contributed by atoms with van der Waals surface area (Å²) in [5.41, 5.74) is 5.49. The molecule has 36 heavy (non-hydrogen) atoms. The Hall–Kier alpha value is -4.38. The first-order valence-corrected chi connectivity index (χ1v) is 11.7. The van der Waals surface area contributed by atoms with Crippen molar-refractivity contribution in [3.63, 3.8) is 0 Å². The van der Waals surface area contributed by atoms with Crippen LogP contribution in [0.5, 0.6) is 0 Å². The lowest BCUT2D eigenvalue weighted by Gasteiger charge is -2.32. The summed E-state index contributed by atoms with van der Waals surface area (Å²) >= 11 is 0. The summed E-state index contributed by atoms with van der Waals surface area (Å²) in [5.74, 6) is 0.950. The van der Waals surface area contributed by atoms with Crippen LogP contribution in [0.25, 0.3) is 16.6 Å². The van der Waals surface area contributed by atoms with Gasteiger partial charge in [0.2, 0.25) is 5.95 Å². The second-order valence-corrected chi connectivity index (χ2v) is 8.97. The maximum absolute atomic E-state index is 12.7. The molecule has 1 amide bonds. The minimum absolute atomic E-state index is 0.290. The number of carbonyl (C=O) groups is 1. The third kappa shape index (κ3) is 4.86. The number of fused-ring (bicyclic) bond motifs is 1. The number of likely N-dealkylation sites (N-methyl/N-ethyl adjacent to an activating group) is 1. The molecule has 1 aliphatic heterocycles. The van der Waals surface area contributed by atoms with Gasteiger partial charge < -0.3 is 20.4 Å². The normalized spacial score (nSPS) is 14.1. The Balaban J connectivity index is 1.39. The Kier molecular flexibility index (Phi) is 6.30. The van der Waals surface area contributed by atoms with E-state index in [4.69, 9.17) is 4.98 Å². The van der Waals surface area contributed by atoms with Gasteiger partial charge in [-0.1, -0.05) is 12.6 Å². The number of hydrogen-bond donors (Lipinski definition) is 3. The molecule has 11 heteroatoms. The number of nitrogens with zero attached hydrogens (tertiary/aromatic N) is 7. The average molecular weight is 485 g/mol. The van der Waals surface area contributed by atoms with Crippen LogP contribution >= 0.6 is 0 Å². The molecule has 1 saturated heterocycles. The van der Waals surface area contributed by atoms with Crippen molar-refractivity contribution in [2.24, 2.45) is 0 Å². The Labute approximate surface area is 208 Å². The Morgan fingerprint density at radius 2 is 1.92 bits per heavy atom. The number of benzene rings is 1. The highest BCUT2D eigenvalue weighted by Gasteiger charge is 2.18. The Morgan fingerprint density at radius 1 is 1.11 bits per heavy atom. The largest absolute Gasteiger partial charge is 0.338 e. The fraction of sp³-hybridized carbons (Fsp3) is 0.280. The molecule has 0 unspecified atom stereocenters. The number of hydrogen-bond acceptors (Lipinski definition) is 9. The van der Waals surface area contributed by atoms with E-state index in [9.17, 15) is 4.79 Å². The second-order valence-electron chi connectivity index (χ2n) is 8.97. The summed E-state index contributed by atoms with van der Waals surface area (Å²) in [7, 11) is 2.11. The van der Waals surface area contributed by atoms with Crippen LogP contribution in [0.15, 0.2) is 43.4 Å². The van der Waals surface area contributed by atoms with Crippen LogP contribution in [-0.4, -0.2) is 74.2 Å². The molecule has 0 aliphatic carbocycles. The molecule has 0 atom stereocenters. The van der Waals surface area contributed by atoms with E-state index in [-0.39, 0.29) is 5.91 Å². The second kappa shape index (κ2) is 9.70. The fourth-order valence-corrected chi connectivity index (χ4v) is 3.91. The number of H-pyrrole nitrogens is 1. The number of allylic oxidation sites excluding steroid dienone is 1. The third-order valence-electron chi connectivity index (χ3n) is 6.16. The van der Waals surface area contributed by atoms with Crippen LogP contribution in [0.1, 0.15) is 28.7 Å². The number of aromatic amines is 1. The molecule has 4 heterocycles. The number of aryl methyl sites for hydroxylation is 1. The molecular weight excluding hydrogens is 456 g/mol. The maximum Gasteiger partial charge on any atom is 0.273 e. The third-order valence-corrected chi connectivity index (χ3v) is 6.16. The molecule has 3 N–H and O–H groups in total. The van der Waals surface area contributed by atoms with Gasteiger partial charge in [-0.05, 0) is 50.2 Å². The summed E-state index contributed by atoms with van der Waals surface area (Å²) in [6, 6.07) is 7.31. The van der Waals surface area contributed by atoms with Gasteiger partial charge in [0, 0.05) is 37.6 Å². The molecule has 1 fully saturated rings. The van der Waals surface area contributed by atoms with Gasteiger partial charge in [0.15, 0.2) is 5.82 Å². The van der Waals surface area contributed by atoms with Gasteiger partial charge in [-0.25, -0.2) is 19.9 Å². The molecule has 5 rings (SSSR count). The zero-order valence-electron chi connectivity index (χ0n) is 20.5. The van der Waals surface area contributed by atoms with Gasteiger partial charge in [-0.3, -0.25) is 9.89 Å². The molecule has 1 aromatic carbocycles. The Morgan fingerprint density at radius 3 is 2.67 bits per heavy atom. The molecule has 0 radical (unpaired) electrons. The van der Waals surface area contributed by atoms with Gasteiger partial charge in [0.1, 0.15) is 23.1 Å². The lowest BCUT2D eigenvalue weighted by Crippen LogP contribution is -2.45.